The molecule has 0 unspecified atom stereocenters. The number of hydrogen-bond donors (Lipinski definition) is 2. The number of aromatic carboxylic acids is 1. The van der Waals surface area contributed by atoms with E-state index in [1.54, 1.807) is 13.0 Å². The molecule has 2 heterocycles. The molecule has 1 fully saturated rings. The molecule has 1 aromatic rings. The summed E-state index contributed by atoms with van der Waals surface area (Å²) in [4.78, 5) is 25.6. The molecule has 110 valence electrons. The van der Waals surface area contributed by atoms with Crippen LogP contribution in [0.1, 0.15) is 34.3 Å². The van der Waals surface area contributed by atoms with Gasteiger partial charge in [-0.25, -0.2) is 4.79 Å². The van der Waals surface area contributed by atoms with Crippen molar-refractivity contribution in [2.75, 3.05) is 19.6 Å². The Morgan fingerprint density at radius 3 is 2.65 bits per heavy atom. The summed E-state index contributed by atoms with van der Waals surface area (Å²) in [7, 11) is 0. The Balaban J connectivity index is 1.76. The largest absolute Gasteiger partial charge is 0.477 e. The minimum absolute atomic E-state index is 0.0345. The first-order chi connectivity index (χ1) is 9.54. The first kappa shape index (κ1) is 15.0. The van der Waals surface area contributed by atoms with Gasteiger partial charge in [0.2, 0.25) is 5.91 Å². The third kappa shape index (κ3) is 4.31. The predicted molar refractivity (Wildman–Crippen MR) is 78.0 cm³/mol. The molecule has 1 aromatic heterocycles. The van der Waals surface area contributed by atoms with Crippen LogP contribution in [-0.2, 0) is 11.3 Å². The highest BCUT2D eigenvalue weighted by molar-refractivity contribution is 7.13. The van der Waals surface area contributed by atoms with Gasteiger partial charge in [0.05, 0.1) is 0 Å². The Morgan fingerprint density at radius 1 is 1.40 bits per heavy atom. The van der Waals surface area contributed by atoms with Gasteiger partial charge in [0.25, 0.3) is 0 Å². The van der Waals surface area contributed by atoms with Crippen LogP contribution in [0.25, 0.3) is 0 Å². The second-order valence-corrected chi connectivity index (χ2v) is 6.40. The SMILES string of the molecule is CC(=O)NCC1CCN(Cc2ccc(C(=O)O)s2)CC1. The van der Waals surface area contributed by atoms with E-state index in [4.69, 9.17) is 5.11 Å². The van der Waals surface area contributed by atoms with Crippen LogP contribution >= 0.6 is 11.3 Å². The first-order valence-electron chi connectivity index (χ1n) is 6.83. The molecule has 0 aliphatic carbocycles. The fourth-order valence-corrected chi connectivity index (χ4v) is 3.32. The molecule has 0 saturated carbocycles. The van der Waals surface area contributed by atoms with Gasteiger partial charge in [-0.2, -0.15) is 0 Å². The van der Waals surface area contributed by atoms with E-state index in [1.165, 1.54) is 11.3 Å². The molecule has 1 aliphatic heterocycles. The van der Waals surface area contributed by atoms with Gasteiger partial charge in [-0.3, -0.25) is 9.69 Å². The lowest BCUT2D eigenvalue weighted by atomic mass is 9.97. The normalized spacial score (nSPS) is 17.1. The molecule has 0 spiro atoms. The number of carbonyl (C=O) groups is 2. The predicted octanol–water partition coefficient (Wildman–Crippen LogP) is 1.79. The summed E-state index contributed by atoms with van der Waals surface area (Å²) >= 11 is 1.35. The van der Waals surface area contributed by atoms with E-state index in [-0.39, 0.29) is 5.91 Å². The third-order valence-corrected chi connectivity index (χ3v) is 4.66. The summed E-state index contributed by atoms with van der Waals surface area (Å²) < 4.78 is 0. The van der Waals surface area contributed by atoms with Crippen LogP contribution in [-0.4, -0.2) is 41.5 Å². The number of likely N-dealkylation sites (tertiary alicyclic amines) is 1. The summed E-state index contributed by atoms with van der Waals surface area (Å²) in [6.45, 7) is 5.15. The van der Waals surface area contributed by atoms with E-state index in [9.17, 15) is 9.59 Å². The third-order valence-electron chi connectivity index (χ3n) is 3.60. The van der Waals surface area contributed by atoms with E-state index in [0.717, 1.165) is 43.9 Å². The van der Waals surface area contributed by atoms with E-state index < -0.39 is 5.97 Å². The van der Waals surface area contributed by atoms with Crippen molar-refractivity contribution in [3.63, 3.8) is 0 Å². The molecular weight excluding hydrogens is 276 g/mol. The molecule has 6 heteroatoms. The number of piperidine rings is 1. The molecule has 20 heavy (non-hydrogen) atoms. The first-order valence-corrected chi connectivity index (χ1v) is 7.65. The van der Waals surface area contributed by atoms with E-state index in [2.05, 4.69) is 10.2 Å². The minimum atomic E-state index is -0.852. The van der Waals surface area contributed by atoms with Gasteiger partial charge in [-0.05, 0) is 44.0 Å². The van der Waals surface area contributed by atoms with E-state index >= 15 is 0 Å². The highest BCUT2D eigenvalue weighted by atomic mass is 32.1. The second-order valence-electron chi connectivity index (χ2n) is 5.23. The van der Waals surface area contributed by atoms with Crippen LogP contribution in [0.4, 0.5) is 0 Å². The molecule has 2 N–H and O–H groups in total. The minimum Gasteiger partial charge on any atom is -0.477 e. The van der Waals surface area contributed by atoms with Gasteiger partial charge in [-0.1, -0.05) is 0 Å². The molecule has 5 nitrogen and oxygen atoms in total. The van der Waals surface area contributed by atoms with E-state index in [1.807, 2.05) is 6.07 Å². The second kappa shape index (κ2) is 6.85. The number of carboxylic acids is 1. The zero-order valence-electron chi connectivity index (χ0n) is 11.6. The van der Waals surface area contributed by atoms with Crippen molar-refractivity contribution in [3.8, 4) is 0 Å². The molecule has 0 radical (unpaired) electrons. The van der Waals surface area contributed by atoms with Crippen LogP contribution in [0.3, 0.4) is 0 Å². The van der Waals surface area contributed by atoms with Crippen LogP contribution in [0.2, 0.25) is 0 Å². The Hall–Kier alpha value is -1.40. The smallest absolute Gasteiger partial charge is 0.345 e. The molecule has 2 rings (SSSR count). The number of carbonyl (C=O) groups excluding carboxylic acids is 1. The quantitative estimate of drug-likeness (QED) is 0.869. The van der Waals surface area contributed by atoms with E-state index in [0.29, 0.717) is 10.8 Å². The van der Waals surface area contributed by atoms with Crippen molar-refractivity contribution < 1.29 is 14.7 Å². The summed E-state index contributed by atoms with van der Waals surface area (Å²) in [5.74, 6) is -0.254. The van der Waals surface area contributed by atoms with Crippen LogP contribution in [0.5, 0.6) is 0 Å². The molecule has 0 aromatic carbocycles. The number of hydrogen-bond acceptors (Lipinski definition) is 4. The maximum atomic E-state index is 10.9. The number of rotatable bonds is 5. The average Bonchev–Trinajstić information content (AvgIpc) is 2.86. The molecular formula is C14H20N2O3S. The van der Waals surface area contributed by atoms with Crippen molar-refractivity contribution in [2.45, 2.75) is 26.3 Å². The number of nitrogens with zero attached hydrogens (tertiary/aromatic N) is 1. The molecule has 0 atom stereocenters. The van der Waals surface area contributed by atoms with Crippen LogP contribution in [0.15, 0.2) is 12.1 Å². The molecule has 1 saturated heterocycles. The Bertz CT molecular complexity index is 479. The Kier molecular flexibility index (Phi) is 5.14. The fourth-order valence-electron chi connectivity index (χ4n) is 2.43. The topological polar surface area (TPSA) is 69.6 Å². The number of amides is 1. The number of thiophene rings is 1. The van der Waals surface area contributed by atoms with Gasteiger partial charge < -0.3 is 10.4 Å². The summed E-state index contributed by atoms with van der Waals surface area (Å²) in [5.41, 5.74) is 0. The molecule has 0 bridgehead atoms. The zero-order chi connectivity index (χ0) is 14.5. The Morgan fingerprint density at radius 2 is 2.10 bits per heavy atom. The highest BCUT2D eigenvalue weighted by Gasteiger charge is 2.20. The number of carboxylic acid groups (broad SMARTS) is 1. The average molecular weight is 296 g/mol. The summed E-state index contributed by atoms with van der Waals surface area (Å²) in [6, 6.07) is 3.57. The number of nitrogens with one attached hydrogen (secondary N) is 1. The maximum absolute atomic E-state index is 10.9. The van der Waals surface area contributed by atoms with Crippen molar-refractivity contribution in [3.05, 3.63) is 21.9 Å². The van der Waals surface area contributed by atoms with Crippen molar-refractivity contribution in [2.24, 2.45) is 5.92 Å². The Labute approximate surface area is 122 Å². The fraction of sp³-hybridized carbons (Fsp3) is 0.571. The van der Waals surface area contributed by atoms with Crippen LogP contribution in [0, 0.1) is 5.92 Å². The van der Waals surface area contributed by atoms with Crippen molar-refractivity contribution in [1.82, 2.24) is 10.2 Å². The lowest BCUT2D eigenvalue weighted by Crippen LogP contribution is -2.37. The zero-order valence-corrected chi connectivity index (χ0v) is 12.4. The van der Waals surface area contributed by atoms with Gasteiger partial charge >= 0.3 is 5.97 Å². The van der Waals surface area contributed by atoms with Crippen LogP contribution < -0.4 is 5.32 Å². The van der Waals surface area contributed by atoms with Gasteiger partial charge in [0.15, 0.2) is 0 Å². The van der Waals surface area contributed by atoms with Gasteiger partial charge in [0.1, 0.15) is 4.88 Å². The standard InChI is InChI=1S/C14H20N2O3S/c1-10(17)15-8-11-4-6-16(7-5-11)9-12-2-3-13(20-12)14(18)19/h2-3,11H,4-9H2,1H3,(H,15,17)(H,18,19). The van der Waals surface area contributed by atoms with Gasteiger partial charge in [0, 0.05) is 24.9 Å². The van der Waals surface area contributed by atoms with Crippen molar-refractivity contribution in [1.29, 1.82) is 0 Å². The lowest BCUT2D eigenvalue weighted by molar-refractivity contribution is -0.119. The highest BCUT2D eigenvalue weighted by Crippen LogP contribution is 2.22. The van der Waals surface area contributed by atoms with Crippen molar-refractivity contribution >= 4 is 23.2 Å². The summed E-state index contributed by atoms with van der Waals surface area (Å²) in [5, 5.41) is 11.8. The summed E-state index contributed by atoms with van der Waals surface area (Å²) in [6.07, 6.45) is 2.16. The maximum Gasteiger partial charge on any atom is 0.345 e. The lowest BCUT2D eigenvalue weighted by Gasteiger charge is -2.31. The monoisotopic (exact) mass is 296 g/mol. The van der Waals surface area contributed by atoms with Gasteiger partial charge in [-0.15, -0.1) is 11.3 Å². The molecule has 1 aliphatic rings. The molecule has 1 amide bonds.